The number of aliphatic carboxylic acids is 1. The van der Waals surface area contributed by atoms with Crippen LogP contribution in [0.25, 0.3) is 0 Å². The SMILES string of the molecule is CC(C)CN(CC(=O)O)C(=O)[C@H]1CCCN1. The van der Waals surface area contributed by atoms with E-state index in [-0.39, 0.29) is 24.4 Å². The van der Waals surface area contributed by atoms with Gasteiger partial charge in [-0.1, -0.05) is 13.8 Å². The summed E-state index contributed by atoms with van der Waals surface area (Å²) in [5.41, 5.74) is 0. The summed E-state index contributed by atoms with van der Waals surface area (Å²) >= 11 is 0. The van der Waals surface area contributed by atoms with E-state index in [1.54, 1.807) is 0 Å². The number of carbonyl (C=O) groups is 2. The summed E-state index contributed by atoms with van der Waals surface area (Å²) in [5, 5.41) is 11.9. The summed E-state index contributed by atoms with van der Waals surface area (Å²) in [6, 6.07) is -0.182. The summed E-state index contributed by atoms with van der Waals surface area (Å²) < 4.78 is 0. The van der Waals surface area contributed by atoms with Gasteiger partial charge in [-0.05, 0) is 25.3 Å². The molecule has 1 amide bonds. The molecule has 0 saturated carbocycles. The summed E-state index contributed by atoms with van der Waals surface area (Å²) in [7, 11) is 0. The van der Waals surface area contributed by atoms with E-state index in [9.17, 15) is 9.59 Å². The number of hydrogen-bond donors (Lipinski definition) is 2. The second kappa shape index (κ2) is 5.84. The van der Waals surface area contributed by atoms with Crippen LogP contribution in [0.3, 0.4) is 0 Å². The Morgan fingerprint density at radius 1 is 1.50 bits per heavy atom. The molecular weight excluding hydrogens is 208 g/mol. The Bertz CT molecular complexity index is 260. The van der Waals surface area contributed by atoms with Crippen molar-refractivity contribution in [2.45, 2.75) is 32.7 Å². The minimum atomic E-state index is -0.952. The van der Waals surface area contributed by atoms with Crippen molar-refractivity contribution in [2.24, 2.45) is 5.92 Å². The molecule has 1 fully saturated rings. The Balaban J connectivity index is 2.58. The van der Waals surface area contributed by atoms with Crippen LogP contribution in [0.5, 0.6) is 0 Å². The van der Waals surface area contributed by atoms with E-state index in [1.807, 2.05) is 13.8 Å². The van der Waals surface area contributed by atoms with Crippen molar-refractivity contribution in [1.82, 2.24) is 10.2 Å². The zero-order valence-electron chi connectivity index (χ0n) is 9.90. The standard InChI is InChI=1S/C11H20N2O3/c1-8(2)6-13(7-10(14)15)11(16)9-4-3-5-12-9/h8-9,12H,3-7H2,1-2H3,(H,14,15)/t9-/m1/s1. The first-order chi connectivity index (χ1) is 7.50. The molecule has 0 aliphatic carbocycles. The summed E-state index contributed by atoms with van der Waals surface area (Å²) in [6.07, 6.45) is 1.80. The van der Waals surface area contributed by atoms with Crippen LogP contribution in [-0.2, 0) is 9.59 Å². The smallest absolute Gasteiger partial charge is 0.323 e. The second-order valence-electron chi connectivity index (χ2n) is 4.66. The molecule has 5 heteroatoms. The van der Waals surface area contributed by atoms with Gasteiger partial charge in [-0.25, -0.2) is 0 Å². The lowest BCUT2D eigenvalue weighted by molar-refractivity contribution is -0.145. The fourth-order valence-corrected chi connectivity index (χ4v) is 1.95. The van der Waals surface area contributed by atoms with Gasteiger partial charge in [0.15, 0.2) is 0 Å². The topological polar surface area (TPSA) is 69.6 Å². The fraction of sp³-hybridized carbons (Fsp3) is 0.818. The molecule has 0 bridgehead atoms. The third kappa shape index (κ3) is 3.81. The predicted octanol–water partition coefficient (Wildman–Crippen LogP) is 0.308. The minimum absolute atomic E-state index is 0.0754. The molecule has 1 rings (SSSR count). The number of hydrogen-bond acceptors (Lipinski definition) is 3. The molecule has 1 saturated heterocycles. The van der Waals surface area contributed by atoms with Gasteiger partial charge in [0, 0.05) is 6.54 Å². The van der Waals surface area contributed by atoms with Crippen molar-refractivity contribution in [2.75, 3.05) is 19.6 Å². The van der Waals surface area contributed by atoms with E-state index >= 15 is 0 Å². The van der Waals surface area contributed by atoms with E-state index in [0.717, 1.165) is 19.4 Å². The van der Waals surface area contributed by atoms with Crippen molar-refractivity contribution in [3.63, 3.8) is 0 Å². The molecule has 0 aromatic carbocycles. The average molecular weight is 228 g/mol. The molecule has 0 aromatic heterocycles. The van der Waals surface area contributed by atoms with E-state index < -0.39 is 5.97 Å². The molecule has 0 unspecified atom stereocenters. The fourth-order valence-electron chi connectivity index (χ4n) is 1.95. The van der Waals surface area contributed by atoms with Crippen molar-refractivity contribution < 1.29 is 14.7 Å². The average Bonchev–Trinajstić information content (AvgIpc) is 2.66. The van der Waals surface area contributed by atoms with Crippen molar-refractivity contribution in [3.05, 3.63) is 0 Å². The van der Waals surface area contributed by atoms with E-state index in [4.69, 9.17) is 5.11 Å². The van der Waals surface area contributed by atoms with Crippen molar-refractivity contribution in [1.29, 1.82) is 0 Å². The van der Waals surface area contributed by atoms with E-state index in [2.05, 4.69) is 5.32 Å². The molecule has 0 aromatic rings. The number of nitrogens with zero attached hydrogens (tertiary/aromatic N) is 1. The molecule has 1 aliphatic heterocycles. The maximum absolute atomic E-state index is 12.0. The maximum Gasteiger partial charge on any atom is 0.323 e. The Labute approximate surface area is 95.8 Å². The molecule has 1 heterocycles. The number of nitrogens with one attached hydrogen (secondary N) is 1. The second-order valence-corrected chi connectivity index (χ2v) is 4.66. The lowest BCUT2D eigenvalue weighted by Gasteiger charge is -2.25. The molecule has 1 aliphatic rings. The maximum atomic E-state index is 12.0. The highest BCUT2D eigenvalue weighted by Gasteiger charge is 2.28. The summed E-state index contributed by atoms with van der Waals surface area (Å²) in [5.74, 6) is -0.745. The molecule has 16 heavy (non-hydrogen) atoms. The Hall–Kier alpha value is -1.10. The molecule has 0 radical (unpaired) electrons. The van der Waals surface area contributed by atoms with E-state index in [1.165, 1.54) is 4.90 Å². The monoisotopic (exact) mass is 228 g/mol. The number of amides is 1. The summed E-state index contributed by atoms with van der Waals surface area (Å²) in [4.78, 5) is 24.2. The zero-order chi connectivity index (χ0) is 12.1. The van der Waals surface area contributed by atoms with Gasteiger partial charge in [0.05, 0.1) is 6.04 Å². The van der Waals surface area contributed by atoms with E-state index in [0.29, 0.717) is 6.54 Å². The lowest BCUT2D eigenvalue weighted by atomic mass is 10.1. The Morgan fingerprint density at radius 2 is 2.19 bits per heavy atom. The number of carbonyl (C=O) groups excluding carboxylic acids is 1. The van der Waals surface area contributed by atoms with Gasteiger partial charge < -0.3 is 15.3 Å². The highest BCUT2D eigenvalue weighted by Crippen LogP contribution is 2.10. The van der Waals surface area contributed by atoms with Crippen LogP contribution in [0.2, 0.25) is 0 Å². The highest BCUT2D eigenvalue weighted by atomic mass is 16.4. The lowest BCUT2D eigenvalue weighted by Crippen LogP contribution is -2.47. The molecule has 1 atom stereocenters. The molecule has 0 spiro atoms. The normalized spacial score (nSPS) is 20.1. The van der Waals surface area contributed by atoms with Gasteiger partial charge in [-0.2, -0.15) is 0 Å². The van der Waals surface area contributed by atoms with Gasteiger partial charge in [-0.3, -0.25) is 9.59 Å². The van der Waals surface area contributed by atoms with Crippen LogP contribution in [0.15, 0.2) is 0 Å². The predicted molar refractivity (Wildman–Crippen MR) is 60.1 cm³/mol. The zero-order valence-corrected chi connectivity index (χ0v) is 9.90. The van der Waals surface area contributed by atoms with Gasteiger partial charge in [0.1, 0.15) is 6.54 Å². The minimum Gasteiger partial charge on any atom is -0.480 e. The van der Waals surface area contributed by atoms with Crippen molar-refractivity contribution in [3.8, 4) is 0 Å². The quantitative estimate of drug-likeness (QED) is 0.710. The van der Waals surface area contributed by atoms with Crippen LogP contribution in [0.1, 0.15) is 26.7 Å². The van der Waals surface area contributed by atoms with Gasteiger partial charge in [-0.15, -0.1) is 0 Å². The Morgan fingerprint density at radius 3 is 2.62 bits per heavy atom. The first-order valence-corrected chi connectivity index (χ1v) is 5.74. The first-order valence-electron chi connectivity index (χ1n) is 5.74. The Kier molecular flexibility index (Phi) is 4.73. The van der Waals surface area contributed by atoms with Crippen molar-refractivity contribution >= 4 is 11.9 Å². The van der Waals surface area contributed by atoms with Crippen LogP contribution >= 0.6 is 0 Å². The highest BCUT2D eigenvalue weighted by molar-refractivity contribution is 5.85. The molecule has 92 valence electrons. The van der Waals surface area contributed by atoms with Crippen LogP contribution in [-0.4, -0.2) is 47.6 Å². The number of carboxylic acids is 1. The first kappa shape index (κ1) is 13.0. The third-order valence-electron chi connectivity index (χ3n) is 2.58. The number of carboxylic acid groups (broad SMARTS) is 1. The molecule has 2 N–H and O–H groups in total. The third-order valence-corrected chi connectivity index (χ3v) is 2.58. The van der Waals surface area contributed by atoms with Crippen LogP contribution in [0, 0.1) is 5.92 Å². The number of rotatable bonds is 5. The molecule has 5 nitrogen and oxygen atoms in total. The van der Waals surface area contributed by atoms with Crippen LogP contribution in [0.4, 0.5) is 0 Å². The molecular formula is C11H20N2O3. The largest absolute Gasteiger partial charge is 0.480 e. The van der Waals surface area contributed by atoms with Crippen LogP contribution < -0.4 is 5.32 Å². The van der Waals surface area contributed by atoms with Gasteiger partial charge in [0.2, 0.25) is 5.91 Å². The van der Waals surface area contributed by atoms with Gasteiger partial charge in [0.25, 0.3) is 0 Å². The van der Waals surface area contributed by atoms with Gasteiger partial charge >= 0.3 is 5.97 Å². The summed E-state index contributed by atoms with van der Waals surface area (Å²) in [6.45, 7) is 5.10.